The molecule has 0 saturated heterocycles. The highest BCUT2D eigenvalue weighted by molar-refractivity contribution is 6.26. The van der Waals surface area contributed by atoms with Gasteiger partial charge in [-0.2, -0.15) is 0 Å². The van der Waals surface area contributed by atoms with Crippen LogP contribution in [0.3, 0.4) is 0 Å². The lowest BCUT2D eigenvalue weighted by atomic mass is 9.89. The van der Waals surface area contributed by atoms with Gasteiger partial charge in [0.25, 0.3) is 0 Å². The van der Waals surface area contributed by atoms with Gasteiger partial charge in [-0.15, -0.1) is 17.5 Å². The average molecular weight is 199 g/mol. The molecular formula is C12H19Cl. The molecule has 0 spiro atoms. The summed E-state index contributed by atoms with van der Waals surface area (Å²) >= 11 is 6.38. The molecule has 0 amide bonds. The van der Waals surface area contributed by atoms with Gasteiger partial charge >= 0.3 is 0 Å². The highest BCUT2D eigenvalue weighted by Crippen LogP contribution is 2.33. The van der Waals surface area contributed by atoms with Crippen molar-refractivity contribution in [3.8, 4) is 11.8 Å². The predicted molar refractivity (Wildman–Crippen MR) is 59.0 cm³/mol. The lowest BCUT2D eigenvalue weighted by molar-refractivity contribution is 0.455. The fourth-order valence-corrected chi connectivity index (χ4v) is 2.06. The van der Waals surface area contributed by atoms with Gasteiger partial charge in [0.2, 0.25) is 0 Å². The van der Waals surface area contributed by atoms with Crippen LogP contribution in [0.1, 0.15) is 58.3 Å². The third-order valence-corrected chi connectivity index (χ3v) is 3.09. The number of hydrogen-bond donors (Lipinski definition) is 0. The van der Waals surface area contributed by atoms with E-state index in [1.165, 1.54) is 32.1 Å². The van der Waals surface area contributed by atoms with Crippen LogP contribution in [0.25, 0.3) is 0 Å². The molecule has 0 bridgehead atoms. The van der Waals surface area contributed by atoms with Gasteiger partial charge in [0.05, 0.1) is 0 Å². The monoisotopic (exact) mass is 198 g/mol. The standard InChI is InChI=1S/C12H19Cl/c1-2-3-4-6-9-12(13)10-7-5-8-11-12/h2-5,7-8,10-11H2,1H3. The van der Waals surface area contributed by atoms with Gasteiger partial charge in [0.15, 0.2) is 0 Å². The van der Waals surface area contributed by atoms with Crippen LogP contribution in [-0.4, -0.2) is 4.87 Å². The fourth-order valence-electron chi connectivity index (χ4n) is 1.72. The van der Waals surface area contributed by atoms with E-state index in [1.807, 2.05) is 0 Å². The number of hydrogen-bond acceptors (Lipinski definition) is 0. The Morgan fingerprint density at radius 2 is 1.92 bits per heavy atom. The van der Waals surface area contributed by atoms with Gasteiger partial charge in [-0.25, -0.2) is 0 Å². The van der Waals surface area contributed by atoms with E-state index in [0.29, 0.717) is 0 Å². The normalized spacial score (nSPS) is 20.5. The maximum absolute atomic E-state index is 6.38. The van der Waals surface area contributed by atoms with Crippen LogP contribution in [0, 0.1) is 11.8 Å². The van der Waals surface area contributed by atoms with Crippen molar-refractivity contribution in [3.63, 3.8) is 0 Å². The summed E-state index contributed by atoms with van der Waals surface area (Å²) in [7, 11) is 0. The first kappa shape index (κ1) is 10.9. The van der Waals surface area contributed by atoms with Crippen LogP contribution < -0.4 is 0 Å². The molecule has 1 aliphatic rings. The highest BCUT2D eigenvalue weighted by Gasteiger charge is 2.26. The largest absolute Gasteiger partial charge is 0.105 e. The third kappa shape index (κ3) is 4.05. The quantitative estimate of drug-likeness (QED) is 0.356. The van der Waals surface area contributed by atoms with E-state index < -0.39 is 0 Å². The second-order valence-corrected chi connectivity index (χ2v) is 4.65. The molecule has 0 atom stereocenters. The molecule has 0 nitrogen and oxygen atoms in total. The van der Waals surface area contributed by atoms with E-state index in [2.05, 4.69) is 18.8 Å². The molecule has 74 valence electrons. The third-order valence-electron chi connectivity index (χ3n) is 2.61. The molecule has 0 aromatic rings. The van der Waals surface area contributed by atoms with E-state index in [0.717, 1.165) is 19.3 Å². The smallest absolute Gasteiger partial charge is 0.105 e. The van der Waals surface area contributed by atoms with Gasteiger partial charge in [-0.1, -0.05) is 38.5 Å². The molecule has 0 heterocycles. The van der Waals surface area contributed by atoms with Crippen LogP contribution in [0.4, 0.5) is 0 Å². The Hall–Kier alpha value is -0.150. The van der Waals surface area contributed by atoms with Gasteiger partial charge in [0, 0.05) is 6.42 Å². The van der Waals surface area contributed by atoms with E-state index >= 15 is 0 Å². The van der Waals surface area contributed by atoms with E-state index in [1.54, 1.807) is 0 Å². The molecule has 0 aliphatic heterocycles. The molecule has 0 radical (unpaired) electrons. The minimum atomic E-state index is -0.161. The summed E-state index contributed by atoms with van der Waals surface area (Å²) in [6.07, 6.45) is 9.49. The first-order valence-corrected chi connectivity index (χ1v) is 5.83. The number of alkyl halides is 1. The molecule has 0 aromatic carbocycles. The van der Waals surface area contributed by atoms with E-state index in [4.69, 9.17) is 11.6 Å². The summed E-state index contributed by atoms with van der Waals surface area (Å²) in [5, 5.41) is 0. The number of unbranched alkanes of at least 4 members (excludes halogenated alkanes) is 2. The lowest BCUT2D eigenvalue weighted by Gasteiger charge is -2.25. The Labute approximate surface area is 87.1 Å². The highest BCUT2D eigenvalue weighted by atomic mass is 35.5. The van der Waals surface area contributed by atoms with Crippen LogP contribution >= 0.6 is 11.6 Å². The molecule has 13 heavy (non-hydrogen) atoms. The van der Waals surface area contributed by atoms with Crippen molar-refractivity contribution in [2.75, 3.05) is 0 Å². The molecule has 1 heteroatoms. The Morgan fingerprint density at radius 1 is 1.23 bits per heavy atom. The summed E-state index contributed by atoms with van der Waals surface area (Å²) in [5.74, 6) is 6.46. The van der Waals surface area contributed by atoms with Crippen molar-refractivity contribution in [1.82, 2.24) is 0 Å². The minimum absolute atomic E-state index is 0.161. The maximum Gasteiger partial charge on any atom is 0.105 e. The van der Waals surface area contributed by atoms with Crippen molar-refractivity contribution in [2.45, 2.75) is 63.2 Å². The molecular weight excluding hydrogens is 180 g/mol. The van der Waals surface area contributed by atoms with Crippen LogP contribution in [0.2, 0.25) is 0 Å². The zero-order valence-corrected chi connectivity index (χ0v) is 9.29. The molecule has 0 unspecified atom stereocenters. The van der Waals surface area contributed by atoms with Gasteiger partial charge in [0.1, 0.15) is 4.87 Å². The number of halogens is 1. The van der Waals surface area contributed by atoms with Crippen molar-refractivity contribution in [1.29, 1.82) is 0 Å². The first-order valence-electron chi connectivity index (χ1n) is 5.46. The fraction of sp³-hybridized carbons (Fsp3) is 0.833. The summed E-state index contributed by atoms with van der Waals surface area (Å²) in [6, 6.07) is 0. The molecule has 0 N–H and O–H groups in total. The van der Waals surface area contributed by atoms with Gasteiger partial charge in [-0.05, 0) is 19.3 Å². The molecule has 1 saturated carbocycles. The zero-order valence-electron chi connectivity index (χ0n) is 8.53. The Balaban J connectivity index is 2.33. The second kappa shape index (κ2) is 5.55. The summed E-state index contributed by atoms with van der Waals surface area (Å²) in [5.41, 5.74) is 0. The summed E-state index contributed by atoms with van der Waals surface area (Å²) in [6.45, 7) is 2.19. The Morgan fingerprint density at radius 3 is 2.54 bits per heavy atom. The van der Waals surface area contributed by atoms with Crippen molar-refractivity contribution in [2.24, 2.45) is 0 Å². The second-order valence-electron chi connectivity index (χ2n) is 3.93. The van der Waals surface area contributed by atoms with E-state index in [9.17, 15) is 0 Å². The predicted octanol–water partition coefficient (Wildman–Crippen LogP) is 4.12. The van der Waals surface area contributed by atoms with E-state index in [-0.39, 0.29) is 4.87 Å². The zero-order chi connectivity index (χ0) is 9.57. The SMILES string of the molecule is CCCCC#CC1(Cl)CCCCC1. The van der Waals surface area contributed by atoms with Crippen LogP contribution in [0.5, 0.6) is 0 Å². The molecule has 1 rings (SSSR count). The minimum Gasteiger partial charge on any atom is -0.105 e. The van der Waals surface area contributed by atoms with Crippen molar-refractivity contribution < 1.29 is 0 Å². The topological polar surface area (TPSA) is 0 Å². The molecule has 0 aromatic heterocycles. The Kier molecular flexibility index (Phi) is 4.67. The van der Waals surface area contributed by atoms with Crippen LogP contribution in [-0.2, 0) is 0 Å². The van der Waals surface area contributed by atoms with Crippen LogP contribution in [0.15, 0.2) is 0 Å². The van der Waals surface area contributed by atoms with Gasteiger partial charge < -0.3 is 0 Å². The van der Waals surface area contributed by atoms with Gasteiger partial charge in [-0.3, -0.25) is 0 Å². The molecule has 1 aliphatic carbocycles. The number of rotatable bonds is 2. The lowest BCUT2D eigenvalue weighted by Crippen LogP contribution is -2.22. The maximum atomic E-state index is 6.38. The van der Waals surface area contributed by atoms with Crippen molar-refractivity contribution in [3.05, 3.63) is 0 Å². The van der Waals surface area contributed by atoms with Crippen molar-refractivity contribution >= 4 is 11.6 Å². The first-order chi connectivity index (χ1) is 6.27. The Bertz CT molecular complexity index is 191. The molecule has 1 fully saturated rings. The average Bonchev–Trinajstić information content (AvgIpc) is 2.14. The summed E-state index contributed by atoms with van der Waals surface area (Å²) < 4.78 is 0. The summed E-state index contributed by atoms with van der Waals surface area (Å²) in [4.78, 5) is -0.161.